The highest BCUT2D eigenvalue weighted by molar-refractivity contribution is 7.88. The van der Waals surface area contributed by atoms with Crippen LogP contribution < -0.4 is 33.2 Å². The minimum atomic E-state index is -5.38. The van der Waals surface area contributed by atoms with E-state index in [9.17, 15) is 38.7 Å². The number of anilines is 4. The number of ether oxygens (including phenoxy) is 2. The number of hydrogen-bond acceptors (Lipinski definition) is 20. The first-order valence-electron chi connectivity index (χ1n) is 13.1. The standard InChI is InChI=1S/C20H26N10O13P2S2/c21-19-26-13-7(15(33)28-19)24-6-12(47)11(46)5(41-17(6)25-13)2-40-45(37,38)43-44(35,36)39-1-4-9(31)10(32)18(42-4)30-3-23-8-14(30)27-20(22)29-16(8)34/h3-6,9-10,17-18,24,31-32,46-47H,1-2H2,(H,35,36)(H,37,38)(H3,22,27,29,34)(H4,21,25,26,28,33). The van der Waals surface area contributed by atoms with Crippen molar-refractivity contribution in [3.63, 3.8) is 0 Å². The van der Waals surface area contributed by atoms with Crippen LogP contribution in [0.25, 0.3) is 11.2 Å². The van der Waals surface area contributed by atoms with E-state index in [0.717, 1.165) is 10.9 Å². The number of nitrogens with one attached hydrogen (secondary N) is 4. The minimum Gasteiger partial charge on any atom is -0.387 e. The van der Waals surface area contributed by atoms with E-state index >= 15 is 0 Å². The van der Waals surface area contributed by atoms with Crippen LogP contribution in [0.4, 0.5) is 23.4 Å². The lowest BCUT2D eigenvalue weighted by Crippen LogP contribution is -2.52. The number of nitrogens with zero attached hydrogens (tertiary/aromatic N) is 4. The van der Waals surface area contributed by atoms with Gasteiger partial charge in [0.15, 0.2) is 29.4 Å². The summed E-state index contributed by atoms with van der Waals surface area (Å²) < 4.78 is 51.6. The Bertz CT molecular complexity index is 1970. The van der Waals surface area contributed by atoms with Gasteiger partial charge < -0.3 is 51.6 Å². The molecule has 256 valence electrons. The number of imidazole rings is 1. The lowest BCUT2D eigenvalue weighted by Gasteiger charge is -2.41. The van der Waals surface area contributed by atoms with E-state index in [1.807, 2.05) is 0 Å². The SMILES string of the molecule is Nc1nc2c(c(=O)[nH]1)NC1C(S)=C(S)C(COP(=O)(O)OP(=O)(O)OCC3OC(n4cnc5c(=O)[nH]c(N)nc54)C(O)C3O)OC1N2. The Morgan fingerprint density at radius 3 is 2.32 bits per heavy atom. The third kappa shape index (κ3) is 6.67. The Morgan fingerprint density at radius 2 is 1.60 bits per heavy atom. The number of aliphatic hydroxyl groups is 2. The first-order valence-corrected chi connectivity index (χ1v) is 17.0. The first kappa shape index (κ1) is 33.9. The van der Waals surface area contributed by atoms with Crippen LogP contribution in [0.3, 0.4) is 0 Å². The molecule has 3 aromatic rings. The fourth-order valence-electron chi connectivity index (χ4n) is 4.92. The molecule has 3 aliphatic heterocycles. The van der Waals surface area contributed by atoms with Crippen LogP contribution in [0.5, 0.6) is 0 Å². The molecular formula is C20H26N10O13P2S2. The van der Waals surface area contributed by atoms with Gasteiger partial charge in [-0.25, -0.2) is 14.1 Å². The number of aliphatic hydroxyl groups excluding tert-OH is 2. The van der Waals surface area contributed by atoms with E-state index in [-0.39, 0.29) is 44.4 Å². The van der Waals surface area contributed by atoms with Crippen LogP contribution in [0.1, 0.15) is 6.23 Å². The van der Waals surface area contributed by atoms with Gasteiger partial charge in [-0.1, -0.05) is 0 Å². The minimum absolute atomic E-state index is 0.0629. The second-order valence-corrected chi connectivity index (χ2v) is 14.2. The van der Waals surface area contributed by atoms with E-state index < -0.39 is 82.9 Å². The summed E-state index contributed by atoms with van der Waals surface area (Å²) in [6, 6.07) is -0.736. The largest absolute Gasteiger partial charge is 0.481 e. The highest BCUT2D eigenvalue weighted by Crippen LogP contribution is 2.61. The number of fused-ring (bicyclic) bond motifs is 3. The Balaban J connectivity index is 1.06. The van der Waals surface area contributed by atoms with Gasteiger partial charge in [0, 0.05) is 9.81 Å². The van der Waals surface area contributed by atoms with Crippen LogP contribution >= 0.6 is 40.9 Å². The molecule has 3 aliphatic rings. The molecule has 1 saturated heterocycles. The number of phosphoric acid groups is 2. The number of aromatic amines is 2. The maximum atomic E-state index is 12.6. The van der Waals surface area contributed by atoms with Crippen molar-refractivity contribution in [3.05, 3.63) is 36.8 Å². The zero-order valence-electron chi connectivity index (χ0n) is 23.2. The van der Waals surface area contributed by atoms with Gasteiger partial charge in [0.2, 0.25) is 11.9 Å². The maximum absolute atomic E-state index is 12.6. The van der Waals surface area contributed by atoms with Crippen LogP contribution in [0.15, 0.2) is 25.7 Å². The Labute approximate surface area is 271 Å². The smallest absolute Gasteiger partial charge is 0.387 e. The third-order valence-corrected chi connectivity index (χ3v) is 10.9. The number of hydrogen-bond donors (Lipinski definition) is 12. The van der Waals surface area contributed by atoms with E-state index in [0.29, 0.717) is 0 Å². The van der Waals surface area contributed by atoms with Gasteiger partial charge in [0.1, 0.15) is 36.1 Å². The molecule has 23 nitrogen and oxygen atoms in total. The van der Waals surface area contributed by atoms with E-state index in [1.54, 1.807) is 0 Å². The van der Waals surface area contributed by atoms with Gasteiger partial charge in [-0.2, -0.15) is 14.3 Å². The summed E-state index contributed by atoms with van der Waals surface area (Å²) in [5.74, 6) is -0.358. The van der Waals surface area contributed by atoms with Crippen molar-refractivity contribution >= 4 is 75.5 Å². The van der Waals surface area contributed by atoms with Gasteiger partial charge >= 0.3 is 15.6 Å². The van der Waals surface area contributed by atoms with E-state index in [2.05, 4.69) is 65.1 Å². The summed E-state index contributed by atoms with van der Waals surface area (Å²) in [6.45, 7) is -1.66. The van der Waals surface area contributed by atoms with Crippen LogP contribution in [0, 0.1) is 0 Å². The molecule has 0 amide bonds. The predicted octanol–water partition coefficient (Wildman–Crippen LogP) is -2.06. The fraction of sp³-hybridized carbons (Fsp3) is 0.450. The highest BCUT2D eigenvalue weighted by Gasteiger charge is 2.47. The second-order valence-electron chi connectivity index (χ2n) is 10.2. The summed E-state index contributed by atoms with van der Waals surface area (Å²) in [7, 11) is -10.7. The monoisotopic (exact) mass is 740 g/mol. The molecule has 3 aromatic heterocycles. The van der Waals surface area contributed by atoms with Gasteiger partial charge in [0.05, 0.1) is 19.5 Å². The summed E-state index contributed by atoms with van der Waals surface area (Å²) in [5, 5.41) is 26.8. The third-order valence-electron chi connectivity index (χ3n) is 7.05. The number of thiol groups is 2. The van der Waals surface area contributed by atoms with Gasteiger partial charge in [-0.15, -0.1) is 25.3 Å². The summed E-state index contributed by atoms with van der Waals surface area (Å²) in [5.41, 5.74) is 9.76. The number of rotatable bonds is 9. The van der Waals surface area contributed by atoms with Crippen LogP contribution in [-0.4, -0.2) is 99.4 Å². The number of H-pyrrole nitrogens is 2. The molecule has 0 aliphatic carbocycles. The number of phosphoric ester groups is 2. The Kier molecular flexibility index (Phi) is 8.97. The molecule has 0 radical (unpaired) electrons. The van der Waals surface area contributed by atoms with Crippen molar-refractivity contribution in [1.29, 1.82) is 0 Å². The van der Waals surface area contributed by atoms with Crippen molar-refractivity contribution < 1.29 is 52.0 Å². The highest BCUT2D eigenvalue weighted by atomic mass is 32.1. The van der Waals surface area contributed by atoms with E-state index in [1.165, 1.54) is 0 Å². The number of nitrogen functional groups attached to an aromatic ring is 2. The molecular weight excluding hydrogens is 714 g/mol. The number of nitrogens with two attached hydrogens (primary N) is 2. The maximum Gasteiger partial charge on any atom is 0.481 e. The number of aromatic nitrogens is 6. The molecule has 6 heterocycles. The quantitative estimate of drug-likeness (QED) is 0.0828. The molecule has 6 rings (SSSR count). The zero-order valence-corrected chi connectivity index (χ0v) is 26.8. The van der Waals surface area contributed by atoms with Crippen molar-refractivity contribution in [3.8, 4) is 0 Å². The molecule has 0 bridgehead atoms. The zero-order chi connectivity index (χ0) is 34.0. The summed E-state index contributed by atoms with van der Waals surface area (Å²) in [6.07, 6.45) is -7.25. The van der Waals surface area contributed by atoms with Crippen molar-refractivity contribution in [2.24, 2.45) is 0 Å². The van der Waals surface area contributed by atoms with Gasteiger partial charge in [-0.3, -0.25) is 33.2 Å². The molecule has 0 aromatic carbocycles. The van der Waals surface area contributed by atoms with Crippen molar-refractivity contribution in [2.75, 3.05) is 35.3 Å². The van der Waals surface area contributed by atoms with Crippen molar-refractivity contribution in [2.45, 2.75) is 42.9 Å². The predicted molar refractivity (Wildman–Crippen MR) is 165 cm³/mol. The Hall–Kier alpha value is -3.03. The normalized spacial score (nSPS) is 29.8. The summed E-state index contributed by atoms with van der Waals surface area (Å²) >= 11 is 8.75. The lowest BCUT2D eigenvalue weighted by atomic mass is 10.1. The fourth-order valence-corrected chi connectivity index (χ4v) is 7.62. The average Bonchev–Trinajstić information content (AvgIpc) is 3.52. The molecule has 9 atom stereocenters. The summed E-state index contributed by atoms with van der Waals surface area (Å²) in [4.78, 5) is 61.4. The lowest BCUT2D eigenvalue weighted by molar-refractivity contribution is -0.0506. The first-order chi connectivity index (χ1) is 22.0. The molecule has 27 heteroatoms. The van der Waals surface area contributed by atoms with Crippen LogP contribution in [-0.2, 0) is 32.0 Å². The van der Waals surface area contributed by atoms with Crippen molar-refractivity contribution in [1.82, 2.24) is 29.5 Å². The average molecular weight is 741 g/mol. The topological polar surface area (TPSA) is 347 Å². The molecule has 47 heavy (non-hydrogen) atoms. The second kappa shape index (κ2) is 12.5. The Morgan fingerprint density at radius 1 is 0.936 bits per heavy atom. The van der Waals surface area contributed by atoms with Gasteiger partial charge in [-0.05, 0) is 0 Å². The van der Waals surface area contributed by atoms with Crippen LogP contribution in [0.2, 0.25) is 0 Å². The molecule has 9 unspecified atom stereocenters. The van der Waals surface area contributed by atoms with Gasteiger partial charge in [0.25, 0.3) is 11.1 Å². The molecule has 1 fully saturated rings. The molecule has 0 spiro atoms. The molecule has 12 N–H and O–H groups in total. The molecule has 0 saturated carbocycles. The van der Waals surface area contributed by atoms with E-state index in [4.69, 9.17) is 30.0 Å².